The van der Waals surface area contributed by atoms with Gasteiger partial charge in [0.15, 0.2) is 5.13 Å². The molecule has 1 aliphatic rings. The molecule has 1 fully saturated rings. The number of morpholine rings is 1. The maximum Gasteiger partial charge on any atom is 0.257 e. The van der Waals surface area contributed by atoms with Crippen LogP contribution in [0.1, 0.15) is 22.8 Å². The lowest BCUT2D eigenvalue weighted by molar-refractivity contribution is 0.102. The van der Waals surface area contributed by atoms with Gasteiger partial charge in [0.25, 0.3) is 5.91 Å². The van der Waals surface area contributed by atoms with E-state index < -0.39 is 0 Å². The summed E-state index contributed by atoms with van der Waals surface area (Å²) in [7, 11) is 3.35. The lowest BCUT2D eigenvalue weighted by Gasteiger charge is -2.29. The zero-order chi connectivity index (χ0) is 23.9. The number of thiazole rings is 1. The fourth-order valence-corrected chi connectivity index (χ4v) is 5.02. The molecule has 8 nitrogen and oxygen atoms in total. The van der Waals surface area contributed by atoms with Crippen molar-refractivity contribution in [1.29, 1.82) is 0 Å². The molecule has 0 radical (unpaired) electrons. The summed E-state index contributed by atoms with van der Waals surface area (Å²) in [5, 5.41) is 3.53. The quantitative estimate of drug-likeness (QED) is 0.468. The van der Waals surface area contributed by atoms with Crippen LogP contribution in [-0.2, 0) is 16.0 Å². The predicted molar refractivity (Wildman–Crippen MR) is 136 cm³/mol. The highest BCUT2D eigenvalue weighted by Crippen LogP contribution is 2.39. The summed E-state index contributed by atoms with van der Waals surface area (Å²) in [6, 6.07) is 11.7. The van der Waals surface area contributed by atoms with Gasteiger partial charge in [-0.25, -0.2) is 4.98 Å². The van der Waals surface area contributed by atoms with E-state index in [2.05, 4.69) is 33.1 Å². The standard InChI is InChI=1S/C25H32N4O4S/c1-4-28(11-14-31-2)17-18-5-7-19(8-6-18)24(30)27-25-26-22-21(32-3)10-9-20(23(22)34-25)29-12-15-33-16-13-29/h5-10H,4,11-17H2,1-3H3,(H,26,27,30). The lowest BCUT2D eigenvalue weighted by atomic mass is 10.1. The van der Waals surface area contributed by atoms with Crippen molar-refractivity contribution in [2.75, 3.05) is 70.4 Å². The summed E-state index contributed by atoms with van der Waals surface area (Å²) in [5.74, 6) is 0.520. The van der Waals surface area contributed by atoms with Crippen LogP contribution >= 0.6 is 11.3 Å². The van der Waals surface area contributed by atoms with Gasteiger partial charge in [-0.15, -0.1) is 0 Å². The van der Waals surface area contributed by atoms with Gasteiger partial charge in [0, 0.05) is 38.9 Å². The number of nitrogens with zero attached hydrogens (tertiary/aromatic N) is 3. The highest BCUT2D eigenvalue weighted by molar-refractivity contribution is 7.23. The Labute approximate surface area is 204 Å². The van der Waals surface area contributed by atoms with Crippen LogP contribution in [0.2, 0.25) is 0 Å². The Kier molecular flexibility index (Phi) is 8.34. The highest BCUT2D eigenvalue weighted by Gasteiger charge is 2.20. The summed E-state index contributed by atoms with van der Waals surface area (Å²) >= 11 is 1.47. The second-order valence-corrected chi connectivity index (χ2v) is 9.09. The molecule has 34 heavy (non-hydrogen) atoms. The average molecular weight is 485 g/mol. The second kappa shape index (κ2) is 11.6. The first-order valence-corrected chi connectivity index (χ1v) is 12.4. The van der Waals surface area contributed by atoms with E-state index in [1.54, 1.807) is 14.2 Å². The van der Waals surface area contributed by atoms with Gasteiger partial charge in [0.1, 0.15) is 11.3 Å². The number of hydrogen-bond acceptors (Lipinski definition) is 8. The molecule has 1 amide bonds. The molecule has 0 atom stereocenters. The molecule has 0 bridgehead atoms. The van der Waals surface area contributed by atoms with E-state index in [9.17, 15) is 4.79 Å². The number of likely N-dealkylation sites (N-methyl/N-ethyl adjacent to an activating group) is 1. The topological polar surface area (TPSA) is 76.2 Å². The van der Waals surface area contributed by atoms with E-state index in [-0.39, 0.29) is 5.91 Å². The molecule has 0 unspecified atom stereocenters. The van der Waals surface area contributed by atoms with E-state index in [1.165, 1.54) is 11.3 Å². The first kappa shape index (κ1) is 24.4. The average Bonchev–Trinajstić information content (AvgIpc) is 3.30. The first-order valence-electron chi connectivity index (χ1n) is 11.5. The molecule has 3 aromatic rings. The number of hydrogen-bond donors (Lipinski definition) is 1. The summed E-state index contributed by atoms with van der Waals surface area (Å²) in [6.45, 7) is 8.54. The summed E-state index contributed by atoms with van der Waals surface area (Å²) < 4.78 is 17.2. The van der Waals surface area contributed by atoms with E-state index in [1.807, 2.05) is 30.3 Å². The highest BCUT2D eigenvalue weighted by atomic mass is 32.1. The lowest BCUT2D eigenvalue weighted by Crippen LogP contribution is -2.36. The fourth-order valence-electron chi connectivity index (χ4n) is 4.00. The van der Waals surface area contributed by atoms with Crippen LogP contribution < -0.4 is 15.0 Å². The molecule has 2 aromatic carbocycles. The number of ether oxygens (including phenoxy) is 3. The number of fused-ring (bicyclic) bond motifs is 1. The predicted octanol–water partition coefficient (Wildman–Crippen LogP) is 3.86. The van der Waals surface area contributed by atoms with Crippen LogP contribution in [0.15, 0.2) is 36.4 Å². The van der Waals surface area contributed by atoms with Gasteiger partial charge >= 0.3 is 0 Å². The Morgan fingerprint density at radius 3 is 2.62 bits per heavy atom. The van der Waals surface area contributed by atoms with Gasteiger partial charge in [-0.1, -0.05) is 30.4 Å². The van der Waals surface area contributed by atoms with Crippen LogP contribution in [0, 0.1) is 0 Å². The minimum absolute atomic E-state index is 0.177. The van der Waals surface area contributed by atoms with Crippen molar-refractivity contribution in [1.82, 2.24) is 9.88 Å². The Balaban J connectivity index is 1.49. The van der Waals surface area contributed by atoms with Crippen LogP contribution in [0.25, 0.3) is 10.2 Å². The normalized spacial score (nSPS) is 14.1. The Hall–Kier alpha value is -2.72. The number of benzene rings is 2. The maximum atomic E-state index is 12.9. The van der Waals surface area contributed by atoms with E-state index in [0.29, 0.717) is 36.3 Å². The van der Waals surface area contributed by atoms with Crippen molar-refractivity contribution in [3.8, 4) is 5.75 Å². The molecule has 2 heterocycles. The molecule has 0 saturated carbocycles. The van der Waals surface area contributed by atoms with Crippen molar-refractivity contribution in [2.45, 2.75) is 13.5 Å². The number of carbonyl (C=O) groups excluding carboxylic acids is 1. The maximum absolute atomic E-state index is 12.9. The number of amides is 1. The van der Waals surface area contributed by atoms with Crippen molar-refractivity contribution >= 4 is 38.3 Å². The number of nitrogens with one attached hydrogen (secondary N) is 1. The number of methoxy groups -OCH3 is 2. The minimum atomic E-state index is -0.177. The summed E-state index contributed by atoms with van der Waals surface area (Å²) in [5.41, 5.74) is 3.62. The Morgan fingerprint density at radius 1 is 1.18 bits per heavy atom. The largest absolute Gasteiger partial charge is 0.494 e. The third kappa shape index (κ3) is 5.67. The number of carbonyl (C=O) groups is 1. The second-order valence-electron chi connectivity index (χ2n) is 8.10. The van der Waals surface area contributed by atoms with Gasteiger partial charge in [-0.2, -0.15) is 0 Å². The molecule has 1 aliphatic heterocycles. The molecule has 0 spiro atoms. The van der Waals surface area contributed by atoms with Crippen molar-refractivity contribution < 1.29 is 19.0 Å². The third-order valence-electron chi connectivity index (χ3n) is 5.96. The monoisotopic (exact) mass is 484 g/mol. The van der Waals surface area contributed by atoms with Crippen molar-refractivity contribution in [3.05, 3.63) is 47.5 Å². The van der Waals surface area contributed by atoms with E-state index in [0.717, 1.165) is 54.2 Å². The number of anilines is 2. The summed E-state index contributed by atoms with van der Waals surface area (Å²) in [6.07, 6.45) is 0. The number of rotatable bonds is 10. The van der Waals surface area contributed by atoms with Gasteiger partial charge in [-0.05, 0) is 36.4 Å². The fraction of sp³-hybridized carbons (Fsp3) is 0.440. The molecule has 0 aliphatic carbocycles. The molecule has 1 aromatic heterocycles. The SMILES string of the molecule is CCN(CCOC)Cc1ccc(C(=O)Nc2nc3c(OC)ccc(N4CCOCC4)c3s2)cc1. The zero-order valence-electron chi connectivity index (χ0n) is 20.0. The van der Waals surface area contributed by atoms with Crippen LogP contribution in [-0.4, -0.2) is 76.0 Å². The summed E-state index contributed by atoms with van der Waals surface area (Å²) in [4.78, 5) is 22.2. The molecule has 1 N–H and O–H groups in total. The van der Waals surface area contributed by atoms with Crippen molar-refractivity contribution in [2.24, 2.45) is 0 Å². The van der Waals surface area contributed by atoms with Gasteiger partial charge in [0.05, 0.1) is 37.3 Å². The van der Waals surface area contributed by atoms with Gasteiger partial charge in [-0.3, -0.25) is 15.0 Å². The van der Waals surface area contributed by atoms with Gasteiger partial charge in [0.2, 0.25) is 0 Å². The third-order valence-corrected chi connectivity index (χ3v) is 6.95. The Morgan fingerprint density at radius 2 is 1.94 bits per heavy atom. The molecule has 1 saturated heterocycles. The first-order chi connectivity index (χ1) is 16.6. The molecule has 182 valence electrons. The molecule has 4 rings (SSSR count). The zero-order valence-corrected chi connectivity index (χ0v) is 20.8. The molecular formula is C25H32N4O4S. The van der Waals surface area contributed by atoms with E-state index >= 15 is 0 Å². The van der Waals surface area contributed by atoms with Crippen molar-refractivity contribution in [3.63, 3.8) is 0 Å². The van der Waals surface area contributed by atoms with Crippen LogP contribution in [0.4, 0.5) is 10.8 Å². The van der Waals surface area contributed by atoms with E-state index in [4.69, 9.17) is 14.2 Å². The minimum Gasteiger partial charge on any atom is -0.494 e. The molecule has 9 heteroatoms. The smallest absolute Gasteiger partial charge is 0.257 e. The number of aromatic nitrogens is 1. The van der Waals surface area contributed by atoms with Crippen LogP contribution in [0.3, 0.4) is 0 Å². The Bertz CT molecular complexity index is 1100. The van der Waals surface area contributed by atoms with Crippen LogP contribution in [0.5, 0.6) is 5.75 Å². The van der Waals surface area contributed by atoms with Gasteiger partial charge < -0.3 is 19.1 Å². The molecular weight excluding hydrogens is 452 g/mol.